The molecule has 0 radical (unpaired) electrons. The van der Waals surface area contributed by atoms with Gasteiger partial charge in [0.05, 0.1) is 0 Å². The van der Waals surface area contributed by atoms with E-state index in [4.69, 9.17) is 0 Å². The molecule has 74 valence electrons. The Hall–Kier alpha value is -0.790. The Labute approximate surface area is 79.6 Å². The molecule has 1 aliphatic carbocycles. The Morgan fingerprint density at radius 3 is 2.62 bits per heavy atom. The molecule has 0 aromatic rings. The van der Waals surface area contributed by atoms with Gasteiger partial charge in [0, 0.05) is 17.4 Å². The summed E-state index contributed by atoms with van der Waals surface area (Å²) in [4.78, 5) is 11.5. The molecule has 0 fully saturated rings. The highest BCUT2D eigenvalue weighted by Gasteiger charge is 2.33. The standard InChI is InChI=1S/C11H18O2/c1-4-5-8-9(12)6-7-11(2,3)10(8)13/h13H,4-7H2,1-3H3. The van der Waals surface area contributed by atoms with Gasteiger partial charge in [-0.1, -0.05) is 27.2 Å². The van der Waals surface area contributed by atoms with E-state index in [1.165, 1.54) is 0 Å². The summed E-state index contributed by atoms with van der Waals surface area (Å²) in [7, 11) is 0. The minimum absolute atomic E-state index is 0.138. The zero-order valence-electron chi connectivity index (χ0n) is 8.68. The molecule has 0 atom stereocenters. The van der Waals surface area contributed by atoms with Crippen LogP contribution in [-0.4, -0.2) is 10.9 Å². The third kappa shape index (κ3) is 1.93. The van der Waals surface area contributed by atoms with Crippen molar-refractivity contribution < 1.29 is 9.90 Å². The van der Waals surface area contributed by atoms with Crippen LogP contribution in [0.2, 0.25) is 0 Å². The number of aliphatic hydroxyl groups excluding tert-OH is 1. The van der Waals surface area contributed by atoms with Gasteiger partial charge in [0.25, 0.3) is 0 Å². The second-order valence-electron chi connectivity index (χ2n) is 4.38. The van der Waals surface area contributed by atoms with Crippen molar-refractivity contribution in [3.05, 3.63) is 11.3 Å². The highest BCUT2D eigenvalue weighted by atomic mass is 16.3. The van der Waals surface area contributed by atoms with Gasteiger partial charge in [-0.2, -0.15) is 0 Å². The topological polar surface area (TPSA) is 37.3 Å². The molecule has 2 heteroatoms. The van der Waals surface area contributed by atoms with Crippen LogP contribution >= 0.6 is 0 Å². The Bertz CT molecular complexity index is 249. The Morgan fingerprint density at radius 1 is 1.46 bits per heavy atom. The number of Topliss-reactive ketones (excluding diaryl/α,β-unsaturated/α-hetero) is 1. The molecule has 13 heavy (non-hydrogen) atoms. The largest absolute Gasteiger partial charge is 0.511 e. The average molecular weight is 182 g/mol. The van der Waals surface area contributed by atoms with Gasteiger partial charge < -0.3 is 5.11 Å². The lowest BCUT2D eigenvalue weighted by molar-refractivity contribution is -0.117. The van der Waals surface area contributed by atoms with Gasteiger partial charge in [-0.25, -0.2) is 0 Å². The molecule has 0 amide bonds. The first-order valence-corrected chi connectivity index (χ1v) is 4.95. The van der Waals surface area contributed by atoms with Crippen LogP contribution in [0.25, 0.3) is 0 Å². The maximum atomic E-state index is 11.5. The third-order valence-corrected chi connectivity index (χ3v) is 2.74. The molecule has 0 saturated heterocycles. The van der Waals surface area contributed by atoms with E-state index >= 15 is 0 Å². The predicted molar refractivity (Wildman–Crippen MR) is 52.6 cm³/mol. The summed E-state index contributed by atoms with van der Waals surface area (Å²) in [6.45, 7) is 6.00. The Kier molecular flexibility index (Phi) is 2.79. The van der Waals surface area contributed by atoms with Crippen LogP contribution in [-0.2, 0) is 4.79 Å². The normalized spacial score (nSPS) is 22.2. The van der Waals surface area contributed by atoms with Crippen LogP contribution < -0.4 is 0 Å². The van der Waals surface area contributed by atoms with Gasteiger partial charge in [0.2, 0.25) is 0 Å². The molecule has 0 spiro atoms. The van der Waals surface area contributed by atoms with Gasteiger partial charge in [-0.15, -0.1) is 0 Å². The van der Waals surface area contributed by atoms with Crippen LogP contribution in [0, 0.1) is 5.41 Å². The highest BCUT2D eigenvalue weighted by molar-refractivity contribution is 5.96. The van der Waals surface area contributed by atoms with Gasteiger partial charge >= 0.3 is 0 Å². The maximum absolute atomic E-state index is 11.5. The van der Waals surface area contributed by atoms with Crippen molar-refractivity contribution in [2.75, 3.05) is 0 Å². The third-order valence-electron chi connectivity index (χ3n) is 2.74. The minimum Gasteiger partial charge on any atom is -0.511 e. The lowest BCUT2D eigenvalue weighted by Gasteiger charge is -2.30. The Morgan fingerprint density at radius 2 is 2.08 bits per heavy atom. The number of carbonyl (C=O) groups excluding carboxylic acids is 1. The fourth-order valence-corrected chi connectivity index (χ4v) is 1.74. The first kappa shape index (κ1) is 10.3. The molecule has 0 aliphatic heterocycles. The molecule has 0 unspecified atom stereocenters. The number of hydrogen-bond acceptors (Lipinski definition) is 2. The summed E-state index contributed by atoms with van der Waals surface area (Å²) < 4.78 is 0. The molecule has 0 heterocycles. The van der Waals surface area contributed by atoms with E-state index in [1.807, 2.05) is 20.8 Å². The quantitative estimate of drug-likeness (QED) is 0.712. The first-order valence-electron chi connectivity index (χ1n) is 4.95. The molecule has 0 aromatic heterocycles. The monoisotopic (exact) mass is 182 g/mol. The van der Waals surface area contributed by atoms with Crippen LogP contribution in [0.15, 0.2) is 11.3 Å². The van der Waals surface area contributed by atoms with Gasteiger partial charge in [-0.3, -0.25) is 4.79 Å². The lowest BCUT2D eigenvalue weighted by atomic mass is 9.76. The van der Waals surface area contributed by atoms with Crippen LogP contribution in [0.4, 0.5) is 0 Å². The number of ketones is 1. The average Bonchev–Trinajstić information content (AvgIpc) is 2.07. The van der Waals surface area contributed by atoms with Crippen molar-refractivity contribution in [1.29, 1.82) is 0 Å². The number of aliphatic hydroxyl groups is 1. The van der Waals surface area contributed by atoms with E-state index in [0.717, 1.165) is 12.8 Å². The molecule has 2 nitrogen and oxygen atoms in total. The summed E-state index contributed by atoms with van der Waals surface area (Å²) >= 11 is 0. The van der Waals surface area contributed by atoms with E-state index in [2.05, 4.69) is 0 Å². The zero-order valence-corrected chi connectivity index (χ0v) is 8.68. The fraction of sp³-hybridized carbons (Fsp3) is 0.727. The minimum atomic E-state index is -0.196. The molecular formula is C11H18O2. The smallest absolute Gasteiger partial charge is 0.162 e. The number of allylic oxidation sites excluding steroid dienone is 2. The van der Waals surface area contributed by atoms with Crippen molar-refractivity contribution in [2.45, 2.75) is 46.5 Å². The van der Waals surface area contributed by atoms with E-state index < -0.39 is 0 Å². The summed E-state index contributed by atoms with van der Waals surface area (Å²) in [5.74, 6) is 0.462. The predicted octanol–water partition coefficient (Wildman–Crippen LogP) is 2.99. The van der Waals surface area contributed by atoms with E-state index in [1.54, 1.807) is 0 Å². The van der Waals surface area contributed by atoms with E-state index in [-0.39, 0.29) is 11.2 Å². The van der Waals surface area contributed by atoms with Crippen molar-refractivity contribution in [3.63, 3.8) is 0 Å². The van der Waals surface area contributed by atoms with Crippen molar-refractivity contribution in [2.24, 2.45) is 5.41 Å². The summed E-state index contributed by atoms with van der Waals surface area (Å²) in [6, 6.07) is 0. The molecule has 1 aliphatic rings. The SMILES string of the molecule is CCCC1=C(O)C(C)(C)CCC1=O. The molecule has 1 rings (SSSR count). The van der Waals surface area contributed by atoms with Crippen LogP contribution in [0.3, 0.4) is 0 Å². The summed E-state index contributed by atoms with van der Waals surface area (Å²) in [6.07, 6.45) is 2.99. The Balaban J connectivity index is 3.00. The number of rotatable bonds is 2. The van der Waals surface area contributed by atoms with Crippen molar-refractivity contribution in [3.8, 4) is 0 Å². The second kappa shape index (κ2) is 3.52. The van der Waals surface area contributed by atoms with Crippen LogP contribution in [0.5, 0.6) is 0 Å². The van der Waals surface area contributed by atoms with Crippen molar-refractivity contribution in [1.82, 2.24) is 0 Å². The number of hydrogen-bond donors (Lipinski definition) is 1. The molecular weight excluding hydrogens is 164 g/mol. The number of carbonyl (C=O) groups is 1. The van der Waals surface area contributed by atoms with Crippen molar-refractivity contribution >= 4 is 5.78 Å². The summed E-state index contributed by atoms with van der Waals surface area (Å²) in [5.41, 5.74) is 0.469. The second-order valence-corrected chi connectivity index (χ2v) is 4.38. The molecule has 1 N–H and O–H groups in total. The lowest BCUT2D eigenvalue weighted by Crippen LogP contribution is -2.26. The first-order chi connectivity index (χ1) is 5.99. The zero-order chi connectivity index (χ0) is 10.1. The molecule has 0 bridgehead atoms. The fourth-order valence-electron chi connectivity index (χ4n) is 1.74. The van der Waals surface area contributed by atoms with Crippen LogP contribution in [0.1, 0.15) is 46.5 Å². The van der Waals surface area contributed by atoms with Gasteiger partial charge in [-0.05, 0) is 12.8 Å². The highest BCUT2D eigenvalue weighted by Crippen LogP contribution is 2.38. The summed E-state index contributed by atoms with van der Waals surface area (Å²) in [5, 5.41) is 9.86. The molecule has 0 saturated carbocycles. The molecule has 0 aromatic carbocycles. The van der Waals surface area contributed by atoms with E-state index in [0.29, 0.717) is 24.2 Å². The van der Waals surface area contributed by atoms with E-state index in [9.17, 15) is 9.90 Å². The van der Waals surface area contributed by atoms with Gasteiger partial charge in [0.15, 0.2) is 5.78 Å². The maximum Gasteiger partial charge on any atom is 0.162 e. The van der Waals surface area contributed by atoms with Gasteiger partial charge in [0.1, 0.15) is 5.76 Å².